The number of carbonyl (C=O) groups is 2. The summed E-state index contributed by atoms with van der Waals surface area (Å²) < 4.78 is 4.62. The lowest BCUT2D eigenvalue weighted by atomic mass is 10.0. The van der Waals surface area contributed by atoms with E-state index in [2.05, 4.69) is 9.84 Å². The maximum atomic E-state index is 12.5. The van der Waals surface area contributed by atoms with Crippen LogP contribution in [0.25, 0.3) is 0 Å². The number of methoxy groups -OCH3 is 1. The van der Waals surface area contributed by atoms with Gasteiger partial charge in [-0.3, -0.25) is 9.59 Å². The molecule has 0 saturated carbocycles. The van der Waals surface area contributed by atoms with E-state index in [0.717, 1.165) is 0 Å². The third-order valence-electron chi connectivity index (χ3n) is 3.15. The SMILES string of the molecule is COC(=O)C/C(C)=C1/C(=O)N(c2ccc(Cl)cc2)N=C1C. The van der Waals surface area contributed by atoms with Crippen molar-refractivity contribution >= 4 is 34.9 Å². The van der Waals surface area contributed by atoms with Crippen molar-refractivity contribution in [2.24, 2.45) is 5.10 Å². The zero-order valence-corrected chi connectivity index (χ0v) is 12.8. The Morgan fingerprint density at radius 2 is 1.95 bits per heavy atom. The van der Waals surface area contributed by atoms with Crippen LogP contribution in [0.4, 0.5) is 5.69 Å². The first-order valence-electron chi connectivity index (χ1n) is 6.36. The van der Waals surface area contributed by atoms with Crippen molar-refractivity contribution in [3.8, 4) is 0 Å². The van der Waals surface area contributed by atoms with Crippen LogP contribution in [-0.4, -0.2) is 24.7 Å². The second-order valence-corrected chi connectivity index (χ2v) is 5.12. The number of esters is 1. The fraction of sp³-hybridized carbons (Fsp3) is 0.267. The number of hydrogen-bond acceptors (Lipinski definition) is 4. The Kier molecular flexibility index (Phi) is 4.43. The van der Waals surface area contributed by atoms with Gasteiger partial charge < -0.3 is 4.74 Å². The molecule has 0 saturated heterocycles. The molecule has 1 amide bonds. The van der Waals surface area contributed by atoms with Crippen molar-refractivity contribution in [1.29, 1.82) is 0 Å². The minimum absolute atomic E-state index is 0.0683. The largest absolute Gasteiger partial charge is 0.469 e. The first-order valence-corrected chi connectivity index (χ1v) is 6.74. The van der Waals surface area contributed by atoms with E-state index in [9.17, 15) is 9.59 Å². The van der Waals surface area contributed by atoms with E-state index in [4.69, 9.17) is 11.6 Å². The molecule has 2 rings (SSSR count). The lowest BCUT2D eigenvalue weighted by Crippen LogP contribution is -2.22. The first-order chi connectivity index (χ1) is 9.93. The molecule has 0 N–H and O–H groups in total. The highest BCUT2D eigenvalue weighted by molar-refractivity contribution is 6.31. The highest BCUT2D eigenvalue weighted by atomic mass is 35.5. The van der Waals surface area contributed by atoms with Crippen LogP contribution >= 0.6 is 11.6 Å². The van der Waals surface area contributed by atoms with E-state index in [-0.39, 0.29) is 18.3 Å². The summed E-state index contributed by atoms with van der Waals surface area (Å²) in [6.45, 7) is 3.47. The van der Waals surface area contributed by atoms with Crippen LogP contribution in [0.15, 0.2) is 40.5 Å². The molecule has 0 atom stereocenters. The van der Waals surface area contributed by atoms with Crippen LogP contribution in [0, 0.1) is 0 Å². The Balaban J connectivity index is 2.32. The Morgan fingerprint density at radius 3 is 2.52 bits per heavy atom. The van der Waals surface area contributed by atoms with Crippen molar-refractivity contribution in [1.82, 2.24) is 0 Å². The summed E-state index contributed by atoms with van der Waals surface area (Å²) in [6.07, 6.45) is 0.0683. The van der Waals surface area contributed by atoms with Crippen molar-refractivity contribution in [3.63, 3.8) is 0 Å². The van der Waals surface area contributed by atoms with Crippen LogP contribution in [0.5, 0.6) is 0 Å². The zero-order valence-electron chi connectivity index (χ0n) is 12.0. The Hall–Kier alpha value is -2.14. The summed E-state index contributed by atoms with van der Waals surface area (Å²) >= 11 is 5.84. The smallest absolute Gasteiger partial charge is 0.309 e. The molecule has 0 aromatic heterocycles. The molecule has 1 aromatic rings. The van der Waals surface area contributed by atoms with Gasteiger partial charge in [-0.25, -0.2) is 0 Å². The second-order valence-electron chi connectivity index (χ2n) is 4.69. The van der Waals surface area contributed by atoms with E-state index >= 15 is 0 Å². The molecule has 110 valence electrons. The Morgan fingerprint density at radius 1 is 1.33 bits per heavy atom. The Bertz CT molecular complexity index is 647. The number of ether oxygens (including phenoxy) is 1. The molecule has 21 heavy (non-hydrogen) atoms. The van der Waals surface area contributed by atoms with E-state index in [1.54, 1.807) is 38.1 Å². The number of hydrogen-bond donors (Lipinski definition) is 0. The molecular weight excluding hydrogens is 292 g/mol. The number of rotatable bonds is 3. The molecule has 0 radical (unpaired) electrons. The van der Waals surface area contributed by atoms with Crippen molar-refractivity contribution in [2.75, 3.05) is 12.1 Å². The number of anilines is 1. The molecule has 1 aliphatic rings. The molecule has 0 aliphatic carbocycles. The molecule has 1 heterocycles. The molecule has 0 spiro atoms. The highest BCUT2D eigenvalue weighted by Gasteiger charge is 2.30. The van der Waals surface area contributed by atoms with Gasteiger partial charge in [0.2, 0.25) is 0 Å². The quantitative estimate of drug-likeness (QED) is 0.637. The monoisotopic (exact) mass is 306 g/mol. The lowest BCUT2D eigenvalue weighted by Gasteiger charge is -2.12. The zero-order chi connectivity index (χ0) is 15.6. The fourth-order valence-electron chi connectivity index (χ4n) is 2.13. The average molecular weight is 307 g/mol. The van der Waals surface area contributed by atoms with E-state index in [1.165, 1.54) is 12.1 Å². The summed E-state index contributed by atoms with van der Waals surface area (Å²) in [5.41, 5.74) is 2.31. The number of benzene rings is 1. The summed E-state index contributed by atoms with van der Waals surface area (Å²) in [6, 6.07) is 6.82. The molecule has 1 aromatic carbocycles. The number of nitrogens with zero attached hydrogens (tertiary/aromatic N) is 2. The minimum atomic E-state index is -0.384. The van der Waals surface area contributed by atoms with Crippen LogP contribution in [-0.2, 0) is 14.3 Å². The van der Waals surface area contributed by atoms with E-state index in [0.29, 0.717) is 27.6 Å². The predicted octanol–water partition coefficient (Wildman–Crippen LogP) is 2.94. The highest BCUT2D eigenvalue weighted by Crippen LogP contribution is 2.27. The van der Waals surface area contributed by atoms with Gasteiger partial charge in [0.05, 0.1) is 30.5 Å². The van der Waals surface area contributed by atoms with Crippen LogP contribution in [0.3, 0.4) is 0 Å². The standard InChI is InChI=1S/C15H15ClN2O3/c1-9(8-13(19)21-3)14-10(2)17-18(15(14)20)12-6-4-11(16)5-7-12/h4-7H,8H2,1-3H3/b14-9+. The maximum Gasteiger partial charge on any atom is 0.309 e. The third kappa shape index (κ3) is 3.13. The van der Waals surface area contributed by atoms with Gasteiger partial charge in [-0.15, -0.1) is 0 Å². The summed E-state index contributed by atoms with van der Waals surface area (Å²) in [5, 5.41) is 6.15. The van der Waals surface area contributed by atoms with Crippen molar-refractivity contribution in [2.45, 2.75) is 20.3 Å². The van der Waals surface area contributed by atoms with E-state index < -0.39 is 0 Å². The van der Waals surface area contributed by atoms with Gasteiger partial charge >= 0.3 is 5.97 Å². The van der Waals surface area contributed by atoms with Crippen LogP contribution in [0.1, 0.15) is 20.3 Å². The van der Waals surface area contributed by atoms with Gasteiger partial charge in [0.15, 0.2) is 0 Å². The van der Waals surface area contributed by atoms with Crippen molar-refractivity contribution < 1.29 is 14.3 Å². The van der Waals surface area contributed by atoms with Gasteiger partial charge in [0.25, 0.3) is 5.91 Å². The Labute approximate surface area is 127 Å². The maximum absolute atomic E-state index is 12.5. The number of hydrazone groups is 1. The van der Waals surface area contributed by atoms with Gasteiger partial charge in [0.1, 0.15) is 0 Å². The normalized spacial score (nSPS) is 16.9. The minimum Gasteiger partial charge on any atom is -0.469 e. The van der Waals surface area contributed by atoms with Gasteiger partial charge in [-0.1, -0.05) is 11.6 Å². The molecule has 5 nitrogen and oxygen atoms in total. The molecule has 0 unspecified atom stereocenters. The average Bonchev–Trinajstić information content (AvgIpc) is 2.74. The van der Waals surface area contributed by atoms with Crippen molar-refractivity contribution in [3.05, 3.63) is 40.4 Å². The number of carbonyl (C=O) groups excluding carboxylic acids is 2. The van der Waals surface area contributed by atoms with Gasteiger partial charge in [0, 0.05) is 5.02 Å². The number of halogens is 1. The predicted molar refractivity (Wildman–Crippen MR) is 81.4 cm³/mol. The second kappa shape index (κ2) is 6.10. The molecule has 0 bridgehead atoms. The summed E-state index contributed by atoms with van der Waals surface area (Å²) in [7, 11) is 1.32. The topological polar surface area (TPSA) is 59.0 Å². The third-order valence-corrected chi connectivity index (χ3v) is 3.41. The van der Waals surface area contributed by atoms with Crippen LogP contribution in [0.2, 0.25) is 5.02 Å². The van der Waals surface area contributed by atoms with Gasteiger partial charge in [-0.05, 0) is 43.7 Å². The lowest BCUT2D eigenvalue weighted by molar-refractivity contribution is -0.139. The molecular formula is C15H15ClN2O3. The number of amides is 1. The van der Waals surface area contributed by atoms with Crippen LogP contribution < -0.4 is 5.01 Å². The fourth-order valence-corrected chi connectivity index (χ4v) is 2.26. The summed E-state index contributed by atoms with van der Waals surface area (Å²) in [5.74, 6) is -0.637. The molecule has 1 aliphatic heterocycles. The van der Waals surface area contributed by atoms with Gasteiger partial charge in [-0.2, -0.15) is 10.1 Å². The van der Waals surface area contributed by atoms with E-state index in [1.807, 2.05) is 0 Å². The summed E-state index contributed by atoms with van der Waals surface area (Å²) in [4.78, 5) is 23.8. The molecule has 0 fully saturated rings. The first kappa shape index (κ1) is 15.3. The molecule has 6 heteroatoms.